The van der Waals surface area contributed by atoms with Crippen LogP contribution >= 0.6 is 0 Å². The second-order valence-electron chi connectivity index (χ2n) is 7.75. The van der Waals surface area contributed by atoms with Gasteiger partial charge in [0, 0.05) is 11.1 Å². The highest BCUT2D eigenvalue weighted by Crippen LogP contribution is 2.42. The summed E-state index contributed by atoms with van der Waals surface area (Å²) in [6, 6.07) is 12.5. The van der Waals surface area contributed by atoms with Gasteiger partial charge in [-0.3, -0.25) is 9.56 Å². The van der Waals surface area contributed by atoms with E-state index in [1.54, 1.807) is 25.4 Å². The van der Waals surface area contributed by atoms with Crippen LogP contribution < -0.4 is 0 Å². The van der Waals surface area contributed by atoms with Gasteiger partial charge in [0.1, 0.15) is 12.1 Å². The quantitative estimate of drug-likeness (QED) is 0.578. The lowest BCUT2D eigenvalue weighted by atomic mass is 9.96. The van der Waals surface area contributed by atoms with Crippen molar-refractivity contribution in [2.75, 3.05) is 6.61 Å². The number of esters is 1. The Bertz CT molecular complexity index is 1180. The Hall–Kier alpha value is -3.28. The van der Waals surface area contributed by atoms with E-state index < -0.39 is 12.0 Å². The molecule has 0 bridgehead atoms. The summed E-state index contributed by atoms with van der Waals surface area (Å²) in [6.45, 7) is 3.93. The van der Waals surface area contributed by atoms with Crippen molar-refractivity contribution in [2.45, 2.75) is 38.6 Å². The molecule has 5 nitrogen and oxygen atoms in total. The first-order valence-electron chi connectivity index (χ1n) is 10.3. The van der Waals surface area contributed by atoms with E-state index in [4.69, 9.17) is 9.73 Å². The van der Waals surface area contributed by atoms with Crippen LogP contribution in [0.4, 0.5) is 4.39 Å². The van der Waals surface area contributed by atoms with Crippen LogP contribution in [0.2, 0.25) is 0 Å². The summed E-state index contributed by atoms with van der Waals surface area (Å²) in [5.74, 6) is -0.240. The van der Waals surface area contributed by atoms with Crippen LogP contribution in [0, 0.1) is 5.82 Å². The number of carbonyl (C=O) groups is 1. The standard InChI is InChI=1S/C24H22FN3O2/c1-3-30-24(29)22-23-14(2)27-21(17-6-4-5-7-19(17)25)18-12-16(15-8-9-15)10-11-20(18)28(23)13-26-22/h4-7,10-15H,3,8-9H2,1-2H3/t14-/m1/s1. The average Bonchev–Trinajstić information content (AvgIpc) is 3.51. The van der Waals surface area contributed by atoms with E-state index in [0.717, 1.165) is 11.3 Å². The maximum atomic E-state index is 14.8. The molecule has 1 aromatic heterocycles. The fourth-order valence-electron chi connectivity index (χ4n) is 4.12. The first-order valence-corrected chi connectivity index (χ1v) is 10.3. The number of aliphatic imine (C=N–C) groups is 1. The highest BCUT2D eigenvalue weighted by atomic mass is 19.1. The number of hydrogen-bond acceptors (Lipinski definition) is 4. The van der Waals surface area contributed by atoms with E-state index in [1.807, 2.05) is 23.6 Å². The van der Waals surface area contributed by atoms with Crippen molar-refractivity contribution in [2.24, 2.45) is 4.99 Å². The van der Waals surface area contributed by atoms with Crippen LogP contribution in [0.25, 0.3) is 5.69 Å². The molecule has 1 fully saturated rings. The highest BCUT2D eigenvalue weighted by Gasteiger charge is 2.31. The zero-order valence-electron chi connectivity index (χ0n) is 16.9. The van der Waals surface area contributed by atoms with Crippen LogP contribution in [0.3, 0.4) is 0 Å². The number of hydrogen-bond donors (Lipinski definition) is 0. The zero-order chi connectivity index (χ0) is 20.8. The van der Waals surface area contributed by atoms with Gasteiger partial charge in [-0.15, -0.1) is 0 Å². The monoisotopic (exact) mass is 403 g/mol. The van der Waals surface area contributed by atoms with Gasteiger partial charge >= 0.3 is 5.97 Å². The molecule has 0 amide bonds. The first-order chi connectivity index (χ1) is 14.6. The second-order valence-corrected chi connectivity index (χ2v) is 7.75. The molecule has 3 aromatic rings. The molecule has 30 heavy (non-hydrogen) atoms. The number of ether oxygens (including phenoxy) is 1. The SMILES string of the molecule is CCOC(=O)c1ncn2c1[C@@H](C)N=C(c1ccccc1F)c1cc(C3CC3)ccc1-2. The Morgan fingerprint density at radius 3 is 2.73 bits per heavy atom. The highest BCUT2D eigenvalue weighted by molar-refractivity contribution is 6.15. The topological polar surface area (TPSA) is 56.5 Å². The Morgan fingerprint density at radius 2 is 2.00 bits per heavy atom. The molecular formula is C24H22FN3O2. The van der Waals surface area contributed by atoms with E-state index in [-0.39, 0.29) is 18.1 Å². The van der Waals surface area contributed by atoms with Crippen LogP contribution in [0.15, 0.2) is 53.8 Å². The van der Waals surface area contributed by atoms with Crippen molar-refractivity contribution < 1.29 is 13.9 Å². The third-order valence-electron chi connectivity index (χ3n) is 5.70. The number of aromatic nitrogens is 2. The minimum absolute atomic E-state index is 0.250. The molecule has 0 unspecified atom stereocenters. The molecule has 0 spiro atoms. The molecule has 1 saturated carbocycles. The molecule has 2 aliphatic rings. The number of halogens is 1. The lowest BCUT2D eigenvalue weighted by Crippen LogP contribution is -2.11. The van der Waals surface area contributed by atoms with Crippen LogP contribution in [-0.2, 0) is 4.74 Å². The normalized spacial score (nSPS) is 17.6. The molecule has 0 radical (unpaired) electrons. The molecule has 5 rings (SSSR count). The number of fused-ring (bicyclic) bond motifs is 3. The summed E-state index contributed by atoms with van der Waals surface area (Å²) in [5.41, 5.74) is 4.87. The number of carbonyl (C=O) groups excluding carboxylic acids is 1. The third-order valence-corrected chi connectivity index (χ3v) is 5.70. The van der Waals surface area contributed by atoms with Crippen LogP contribution in [0.5, 0.6) is 0 Å². The zero-order valence-corrected chi connectivity index (χ0v) is 16.9. The lowest BCUT2D eigenvalue weighted by Gasteiger charge is -2.14. The summed E-state index contributed by atoms with van der Waals surface area (Å²) in [7, 11) is 0. The number of rotatable bonds is 4. The van der Waals surface area contributed by atoms with E-state index in [1.165, 1.54) is 24.5 Å². The van der Waals surface area contributed by atoms with E-state index in [2.05, 4.69) is 17.1 Å². The van der Waals surface area contributed by atoms with E-state index in [9.17, 15) is 9.18 Å². The van der Waals surface area contributed by atoms with Gasteiger partial charge in [-0.1, -0.05) is 18.2 Å². The van der Waals surface area contributed by atoms with Crippen LogP contribution in [-0.4, -0.2) is 27.8 Å². The fraction of sp³-hybridized carbons (Fsp3) is 0.292. The van der Waals surface area contributed by atoms with Crippen molar-refractivity contribution in [3.63, 3.8) is 0 Å². The Balaban J connectivity index is 1.76. The molecule has 1 atom stereocenters. The second kappa shape index (κ2) is 7.20. The largest absolute Gasteiger partial charge is 0.461 e. The van der Waals surface area contributed by atoms with Gasteiger partial charge in [0.05, 0.1) is 29.7 Å². The minimum atomic E-state index is -0.473. The lowest BCUT2D eigenvalue weighted by molar-refractivity contribution is 0.0518. The van der Waals surface area contributed by atoms with Gasteiger partial charge in [-0.25, -0.2) is 14.2 Å². The van der Waals surface area contributed by atoms with Crippen molar-refractivity contribution in [3.8, 4) is 5.69 Å². The van der Waals surface area contributed by atoms with Gasteiger partial charge < -0.3 is 4.74 Å². The van der Waals surface area contributed by atoms with Crippen LogP contribution in [0.1, 0.15) is 71.5 Å². The van der Waals surface area contributed by atoms with Gasteiger partial charge in [-0.2, -0.15) is 0 Å². The Morgan fingerprint density at radius 1 is 1.20 bits per heavy atom. The molecule has 6 heteroatoms. The van der Waals surface area contributed by atoms with Crippen molar-refractivity contribution in [1.29, 1.82) is 0 Å². The molecule has 1 aliphatic carbocycles. The van der Waals surface area contributed by atoms with E-state index >= 15 is 0 Å². The molecular weight excluding hydrogens is 381 g/mol. The van der Waals surface area contributed by atoms with Gasteiger partial charge in [0.25, 0.3) is 0 Å². The molecule has 2 heterocycles. The minimum Gasteiger partial charge on any atom is -0.461 e. The number of imidazole rings is 1. The summed E-state index contributed by atoms with van der Waals surface area (Å²) in [6.07, 6.45) is 3.98. The van der Waals surface area contributed by atoms with E-state index in [0.29, 0.717) is 22.9 Å². The maximum Gasteiger partial charge on any atom is 0.358 e. The molecule has 2 aromatic carbocycles. The third kappa shape index (κ3) is 3.03. The predicted molar refractivity (Wildman–Crippen MR) is 112 cm³/mol. The average molecular weight is 403 g/mol. The van der Waals surface area contributed by atoms with Gasteiger partial charge in [0.15, 0.2) is 5.69 Å². The predicted octanol–water partition coefficient (Wildman–Crippen LogP) is 4.98. The van der Waals surface area contributed by atoms with Gasteiger partial charge in [-0.05, 0) is 62.4 Å². The molecule has 1 aliphatic heterocycles. The summed E-state index contributed by atoms with van der Waals surface area (Å²) in [5, 5.41) is 0. The van der Waals surface area contributed by atoms with Gasteiger partial charge in [0.2, 0.25) is 0 Å². The van der Waals surface area contributed by atoms with Crippen molar-refractivity contribution in [3.05, 3.63) is 82.7 Å². The summed E-state index contributed by atoms with van der Waals surface area (Å²) < 4.78 is 21.9. The summed E-state index contributed by atoms with van der Waals surface area (Å²) in [4.78, 5) is 21.7. The number of nitrogens with zero attached hydrogens (tertiary/aromatic N) is 3. The fourth-order valence-corrected chi connectivity index (χ4v) is 4.12. The van der Waals surface area contributed by atoms with Crippen molar-refractivity contribution >= 4 is 11.7 Å². The number of benzene rings is 2. The van der Waals surface area contributed by atoms with Crippen molar-refractivity contribution in [1.82, 2.24) is 9.55 Å². The Kier molecular flexibility index (Phi) is 4.50. The maximum absolute atomic E-state index is 14.8. The molecule has 0 saturated heterocycles. The smallest absolute Gasteiger partial charge is 0.358 e. The molecule has 0 N–H and O–H groups in total. The molecule has 152 valence electrons. The Labute approximate surface area is 174 Å². The summed E-state index contributed by atoms with van der Waals surface area (Å²) >= 11 is 0. The first kappa shape index (κ1) is 18.7.